The van der Waals surface area contributed by atoms with Crippen LogP contribution < -0.4 is 4.74 Å². The third kappa shape index (κ3) is 6.10. The molecule has 1 aromatic heterocycles. The number of carbonyl (C=O) groups excluding carboxylic acids is 1. The predicted octanol–water partition coefficient (Wildman–Crippen LogP) is 5.80. The first-order valence-corrected chi connectivity index (χ1v) is 12.0. The maximum absolute atomic E-state index is 12.2. The third-order valence-electron chi connectivity index (χ3n) is 6.47. The second kappa shape index (κ2) is 11.5. The van der Waals surface area contributed by atoms with Gasteiger partial charge in [-0.05, 0) is 68.9 Å². The molecule has 186 valence electrons. The van der Waals surface area contributed by atoms with Gasteiger partial charge in [0.15, 0.2) is 0 Å². The summed E-state index contributed by atoms with van der Waals surface area (Å²) in [7, 11) is 3.04. The fourth-order valence-corrected chi connectivity index (χ4v) is 4.49. The SMILES string of the molecule is COC(=O)c1c(C)cccc1COC1CCCC(OCc2nc(-c3cccc(OC)c3)oc2C)C1. The number of nitrogens with zero attached hydrogens (tertiary/aromatic N) is 1. The predicted molar refractivity (Wildman–Crippen MR) is 131 cm³/mol. The van der Waals surface area contributed by atoms with Gasteiger partial charge >= 0.3 is 5.97 Å². The summed E-state index contributed by atoms with van der Waals surface area (Å²) in [5.74, 6) is 1.74. The maximum atomic E-state index is 12.2. The Morgan fingerprint density at radius 3 is 2.51 bits per heavy atom. The number of aromatic nitrogens is 1. The number of rotatable bonds is 9. The zero-order valence-electron chi connectivity index (χ0n) is 20.8. The van der Waals surface area contributed by atoms with Gasteiger partial charge in [0.05, 0.1) is 45.2 Å². The van der Waals surface area contributed by atoms with E-state index in [0.29, 0.717) is 24.7 Å². The summed E-state index contributed by atoms with van der Waals surface area (Å²) in [6.45, 7) is 4.57. The van der Waals surface area contributed by atoms with E-state index in [9.17, 15) is 4.79 Å². The molecule has 0 N–H and O–H groups in total. The largest absolute Gasteiger partial charge is 0.497 e. The Morgan fingerprint density at radius 2 is 1.77 bits per heavy atom. The lowest BCUT2D eigenvalue weighted by molar-refractivity contribution is -0.0564. The molecule has 1 aliphatic rings. The van der Waals surface area contributed by atoms with Crippen LogP contribution in [0.5, 0.6) is 5.75 Å². The molecular weight excluding hydrogens is 446 g/mol. The third-order valence-corrected chi connectivity index (χ3v) is 6.47. The van der Waals surface area contributed by atoms with Gasteiger partial charge in [-0.15, -0.1) is 0 Å². The molecule has 7 nitrogen and oxygen atoms in total. The van der Waals surface area contributed by atoms with E-state index >= 15 is 0 Å². The van der Waals surface area contributed by atoms with Crippen molar-refractivity contribution in [2.75, 3.05) is 14.2 Å². The van der Waals surface area contributed by atoms with Crippen LogP contribution in [0.15, 0.2) is 46.9 Å². The second-order valence-corrected chi connectivity index (χ2v) is 8.89. The number of oxazole rings is 1. The Kier molecular flexibility index (Phi) is 8.21. The monoisotopic (exact) mass is 479 g/mol. The van der Waals surface area contributed by atoms with Gasteiger partial charge < -0.3 is 23.4 Å². The van der Waals surface area contributed by atoms with Crippen molar-refractivity contribution in [2.45, 2.75) is 65.0 Å². The van der Waals surface area contributed by atoms with Crippen molar-refractivity contribution in [3.63, 3.8) is 0 Å². The van der Waals surface area contributed by atoms with Gasteiger partial charge in [0.2, 0.25) is 5.89 Å². The number of aryl methyl sites for hydroxylation is 2. The molecule has 1 aliphatic carbocycles. The van der Waals surface area contributed by atoms with Gasteiger partial charge in [-0.2, -0.15) is 0 Å². The van der Waals surface area contributed by atoms with Crippen molar-refractivity contribution >= 4 is 5.97 Å². The molecule has 7 heteroatoms. The lowest BCUT2D eigenvalue weighted by Crippen LogP contribution is -2.28. The highest BCUT2D eigenvalue weighted by Crippen LogP contribution is 2.28. The summed E-state index contributed by atoms with van der Waals surface area (Å²) in [6, 6.07) is 13.4. The molecule has 1 fully saturated rings. The van der Waals surface area contributed by atoms with Crippen molar-refractivity contribution in [1.29, 1.82) is 0 Å². The lowest BCUT2D eigenvalue weighted by Gasteiger charge is -2.29. The molecule has 0 spiro atoms. The molecule has 2 atom stereocenters. The highest BCUT2D eigenvalue weighted by atomic mass is 16.5. The van der Waals surface area contributed by atoms with Crippen LogP contribution in [0.25, 0.3) is 11.5 Å². The van der Waals surface area contributed by atoms with Crippen molar-refractivity contribution in [1.82, 2.24) is 4.98 Å². The fraction of sp³-hybridized carbons (Fsp3) is 0.429. The Balaban J connectivity index is 1.33. The summed E-state index contributed by atoms with van der Waals surface area (Å²) in [4.78, 5) is 16.9. The first-order chi connectivity index (χ1) is 17.0. The molecule has 0 saturated heterocycles. The van der Waals surface area contributed by atoms with Crippen LogP contribution in [-0.2, 0) is 27.4 Å². The van der Waals surface area contributed by atoms with E-state index in [1.807, 2.05) is 56.3 Å². The number of hydrogen-bond acceptors (Lipinski definition) is 7. The van der Waals surface area contributed by atoms with Crippen molar-refractivity contribution in [3.8, 4) is 17.2 Å². The summed E-state index contributed by atoms with van der Waals surface area (Å²) in [5, 5.41) is 0. The summed E-state index contributed by atoms with van der Waals surface area (Å²) in [5.41, 5.74) is 4.00. The van der Waals surface area contributed by atoms with E-state index in [1.54, 1.807) is 7.11 Å². The number of methoxy groups -OCH3 is 2. The molecule has 35 heavy (non-hydrogen) atoms. The molecule has 3 aromatic rings. The number of hydrogen-bond donors (Lipinski definition) is 0. The molecule has 0 radical (unpaired) electrons. The molecule has 1 heterocycles. The van der Waals surface area contributed by atoms with Crippen LogP contribution in [0.3, 0.4) is 0 Å². The molecule has 2 aromatic carbocycles. The topological polar surface area (TPSA) is 80.0 Å². The lowest BCUT2D eigenvalue weighted by atomic mass is 9.94. The smallest absolute Gasteiger partial charge is 0.338 e. The highest BCUT2D eigenvalue weighted by molar-refractivity contribution is 5.92. The minimum absolute atomic E-state index is 0.0745. The number of carbonyl (C=O) groups is 1. The normalized spacial score (nSPS) is 17.8. The van der Waals surface area contributed by atoms with Crippen LogP contribution in [-0.4, -0.2) is 37.4 Å². The van der Waals surface area contributed by atoms with E-state index < -0.39 is 0 Å². The quantitative estimate of drug-likeness (QED) is 0.359. The molecule has 4 rings (SSSR count). The van der Waals surface area contributed by atoms with E-state index in [1.165, 1.54) is 7.11 Å². The molecule has 2 unspecified atom stereocenters. The Hall–Kier alpha value is -3.16. The van der Waals surface area contributed by atoms with Gasteiger partial charge in [0, 0.05) is 5.56 Å². The molecule has 1 saturated carbocycles. The highest BCUT2D eigenvalue weighted by Gasteiger charge is 2.25. The molecule has 0 aliphatic heterocycles. The standard InChI is InChI=1S/C28H33NO6/c1-18-8-5-10-21(26(18)28(30)32-4)16-33-23-12-7-13-24(15-23)34-17-25-19(2)35-27(29-25)20-9-6-11-22(14-20)31-3/h5-6,8-11,14,23-24H,7,12-13,15-17H2,1-4H3. The fourth-order valence-electron chi connectivity index (χ4n) is 4.49. The Morgan fingerprint density at radius 1 is 1.03 bits per heavy atom. The van der Waals surface area contributed by atoms with E-state index in [-0.39, 0.29) is 18.2 Å². The van der Waals surface area contributed by atoms with Crippen molar-refractivity contribution in [3.05, 3.63) is 70.6 Å². The Bertz CT molecular complexity index is 1150. The van der Waals surface area contributed by atoms with Gasteiger partial charge in [-0.1, -0.05) is 24.3 Å². The van der Waals surface area contributed by atoms with Gasteiger partial charge in [-0.25, -0.2) is 9.78 Å². The van der Waals surface area contributed by atoms with Crippen LogP contribution in [0.4, 0.5) is 0 Å². The van der Waals surface area contributed by atoms with Crippen molar-refractivity contribution in [2.24, 2.45) is 0 Å². The molecule has 0 amide bonds. The van der Waals surface area contributed by atoms with E-state index in [0.717, 1.165) is 59.6 Å². The Labute approximate surface area is 206 Å². The van der Waals surface area contributed by atoms with Gasteiger partial charge in [0.1, 0.15) is 17.2 Å². The maximum Gasteiger partial charge on any atom is 0.338 e. The average Bonchev–Trinajstić information content (AvgIpc) is 3.26. The zero-order valence-corrected chi connectivity index (χ0v) is 20.8. The van der Waals surface area contributed by atoms with Crippen LogP contribution in [0.2, 0.25) is 0 Å². The number of ether oxygens (including phenoxy) is 4. The number of esters is 1. The van der Waals surface area contributed by atoms with Gasteiger partial charge in [0.25, 0.3) is 0 Å². The summed E-state index contributed by atoms with van der Waals surface area (Å²) in [6.07, 6.45) is 3.95. The first kappa shape index (κ1) is 24.9. The summed E-state index contributed by atoms with van der Waals surface area (Å²) >= 11 is 0. The minimum atomic E-state index is -0.331. The second-order valence-electron chi connectivity index (χ2n) is 8.89. The molecule has 0 bridgehead atoms. The van der Waals surface area contributed by atoms with Crippen LogP contribution in [0, 0.1) is 13.8 Å². The minimum Gasteiger partial charge on any atom is -0.497 e. The van der Waals surface area contributed by atoms with E-state index in [4.69, 9.17) is 23.4 Å². The van der Waals surface area contributed by atoms with Crippen LogP contribution in [0.1, 0.15) is 58.6 Å². The van der Waals surface area contributed by atoms with E-state index in [2.05, 4.69) is 4.98 Å². The number of benzene rings is 2. The first-order valence-electron chi connectivity index (χ1n) is 12.0. The average molecular weight is 480 g/mol. The molecular formula is C28H33NO6. The van der Waals surface area contributed by atoms with Crippen LogP contribution >= 0.6 is 0 Å². The zero-order chi connectivity index (χ0) is 24.8. The van der Waals surface area contributed by atoms with Gasteiger partial charge in [-0.3, -0.25) is 0 Å². The van der Waals surface area contributed by atoms with Crippen molar-refractivity contribution < 1.29 is 28.2 Å². The summed E-state index contributed by atoms with van der Waals surface area (Å²) < 4.78 is 28.6.